The summed E-state index contributed by atoms with van der Waals surface area (Å²) in [6, 6.07) is 17.3. The molecule has 0 amide bonds. The van der Waals surface area contributed by atoms with Crippen molar-refractivity contribution in [2.45, 2.75) is 20.0 Å². The molecule has 0 atom stereocenters. The minimum atomic E-state index is -1.14. The zero-order valence-electron chi connectivity index (χ0n) is 18.6. The van der Waals surface area contributed by atoms with Gasteiger partial charge in [0, 0.05) is 35.6 Å². The van der Waals surface area contributed by atoms with Gasteiger partial charge in [0.2, 0.25) is 5.78 Å². The zero-order valence-corrected chi connectivity index (χ0v) is 18.6. The van der Waals surface area contributed by atoms with E-state index in [0.29, 0.717) is 17.8 Å². The number of rotatable bonds is 9. The minimum Gasteiger partial charge on any atom is -0.478 e. The van der Waals surface area contributed by atoms with Crippen molar-refractivity contribution in [3.8, 4) is 0 Å². The van der Waals surface area contributed by atoms with Crippen molar-refractivity contribution in [2.24, 2.45) is 0 Å². The number of carbonyl (C=O) groups excluding carboxylic acids is 2. The molecule has 2 aromatic carbocycles. The molecule has 0 saturated heterocycles. The third kappa shape index (κ3) is 5.10. The van der Waals surface area contributed by atoms with Crippen LogP contribution >= 0.6 is 0 Å². The lowest BCUT2D eigenvalue weighted by Gasteiger charge is -2.06. The lowest BCUT2D eigenvalue weighted by atomic mass is 10.0. The highest BCUT2D eigenvalue weighted by Gasteiger charge is 2.16. The highest BCUT2D eigenvalue weighted by atomic mass is 16.4. The van der Waals surface area contributed by atoms with Crippen molar-refractivity contribution in [3.05, 3.63) is 119 Å². The van der Waals surface area contributed by atoms with E-state index >= 15 is 0 Å². The molecule has 2 aromatic heterocycles. The maximum Gasteiger partial charge on any atom is 0.336 e. The molecule has 0 aliphatic rings. The zero-order chi connectivity index (χ0) is 24.1. The van der Waals surface area contributed by atoms with Gasteiger partial charge in [0.05, 0.1) is 17.5 Å². The van der Waals surface area contributed by atoms with Gasteiger partial charge in [-0.2, -0.15) is 5.10 Å². The third-order valence-corrected chi connectivity index (χ3v) is 5.41. The fourth-order valence-electron chi connectivity index (χ4n) is 3.63. The second-order valence-corrected chi connectivity index (χ2v) is 7.89. The SMILES string of the molecule is Cc1ccc(C(=O)c2cccn2C/C=C/c2cnn(CC(=O)c3ccccc3C(=O)O)c2)cc1. The molecule has 4 aromatic rings. The fraction of sp³-hybridized carbons (Fsp3) is 0.111. The number of aromatic nitrogens is 3. The van der Waals surface area contributed by atoms with Crippen LogP contribution in [0, 0.1) is 6.92 Å². The standard InChI is InChI=1S/C27H23N3O4/c1-19-10-12-21(13-11-19)26(32)24-9-5-15-29(24)14-4-6-20-16-28-30(17-20)18-25(31)22-7-2-3-8-23(22)27(33)34/h2-13,15-17H,14,18H2,1H3,(H,33,34)/b6-4+. The van der Waals surface area contributed by atoms with Crippen molar-refractivity contribution in [1.82, 2.24) is 14.3 Å². The van der Waals surface area contributed by atoms with Gasteiger partial charge in [-0.05, 0) is 25.1 Å². The summed E-state index contributed by atoms with van der Waals surface area (Å²) >= 11 is 0. The van der Waals surface area contributed by atoms with E-state index in [1.165, 1.54) is 16.8 Å². The first-order valence-electron chi connectivity index (χ1n) is 10.7. The summed E-state index contributed by atoms with van der Waals surface area (Å²) in [7, 11) is 0. The Morgan fingerprint density at radius 2 is 1.71 bits per heavy atom. The summed E-state index contributed by atoms with van der Waals surface area (Å²) in [5.74, 6) is -1.51. The Hall–Kier alpha value is -4.52. The molecule has 0 fully saturated rings. The molecule has 34 heavy (non-hydrogen) atoms. The Balaban J connectivity index is 1.41. The van der Waals surface area contributed by atoms with Crippen LogP contribution in [0.5, 0.6) is 0 Å². The number of ketones is 2. The van der Waals surface area contributed by atoms with Crippen molar-refractivity contribution >= 4 is 23.6 Å². The minimum absolute atomic E-state index is 0.0255. The first kappa shape index (κ1) is 22.7. The van der Waals surface area contributed by atoms with Crippen LogP contribution in [0.25, 0.3) is 6.08 Å². The predicted octanol–water partition coefficient (Wildman–Crippen LogP) is 4.52. The number of carboxylic acids is 1. The lowest BCUT2D eigenvalue weighted by Crippen LogP contribution is -2.14. The Kier molecular flexibility index (Phi) is 6.64. The summed E-state index contributed by atoms with van der Waals surface area (Å²) in [6.07, 6.45) is 8.97. The number of Topliss-reactive ketones (excluding diaryl/α,β-unsaturated/α-hetero) is 1. The number of allylic oxidation sites excluding steroid dienone is 1. The second-order valence-electron chi connectivity index (χ2n) is 7.89. The van der Waals surface area contributed by atoms with E-state index in [1.54, 1.807) is 30.6 Å². The van der Waals surface area contributed by atoms with Crippen molar-refractivity contribution < 1.29 is 19.5 Å². The Morgan fingerprint density at radius 1 is 0.971 bits per heavy atom. The van der Waals surface area contributed by atoms with Gasteiger partial charge in [0.25, 0.3) is 0 Å². The smallest absolute Gasteiger partial charge is 0.336 e. The van der Waals surface area contributed by atoms with Gasteiger partial charge in [-0.25, -0.2) is 4.79 Å². The van der Waals surface area contributed by atoms with Gasteiger partial charge in [0.1, 0.15) is 6.54 Å². The van der Waals surface area contributed by atoms with Gasteiger partial charge in [-0.1, -0.05) is 60.2 Å². The average Bonchev–Trinajstić information content (AvgIpc) is 3.48. The number of aryl methyl sites for hydroxylation is 1. The predicted molar refractivity (Wildman–Crippen MR) is 128 cm³/mol. The van der Waals surface area contributed by atoms with Crippen molar-refractivity contribution in [1.29, 1.82) is 0 Å². The van der Waals surface area contributed by atoms with Crippen molar-refractivity contribution in [2.75, 3.05) is 0 Å². The van der Waals surface area contributed by atoms with E-state index < -0.39 is 5.97 Å². The summed E-state index contributed by atoms with van der Waals surface area (Å²) in [5.41, 5.74) is 3.27. The van der Waals surface area contributed by atoms with Crippen LogP contribution in [-0.4, -0.2) is 37.0 Å². The molecule has 0 aliphatic heterocycles. The van der Waals surface area contributed by atoms with E-state index in [1.807, 2.05) is 60.2 Å². The monoisotopic (exact) mass is 453 g/mol. The average molecular weight is 453 g/mol. The number of carboxylic acid groups (broad SMARTS) is 1. The number of carbonyl (C=O) groups is 3. The second kappa shape index (κ2) is 9.95. The topological polar surface area (TPSA) is 94.2 Å². The van der Waals surface area contributed by atoms with Gasteiger partial charge in [-0.3, -0.25) is 14.3 Å². The molecule has 0 aliphatic carbocycles. The van der Waals surface area contributed by atoms with Crippen LogP contribution in [0.4, 0.5) is 0 Å². The lowest BCUT2D eigenvalue weighted by molar-refractivity contribution is 0.0691. The maximum atomic E-state index is 12.8. The molecule has 0 bridgehead atoms. The summed E-state index contributed by atoms with van der Waals surface area (Å²) in [4.78, 5) is 36.8. The van der Waals surface area contributed by atoms with Gasteiger partial charge in [-0.15, -0.1) is 0 Å². The van der Waals surface area contributed by atoms with Crippen LogP contribution in [0.1, 0.15) is 47.9 Å². The Morgan fingerprint density at radius 3 is 2.44 bits per heavy atom. The molecule has 4 rings (SSSR count). The molecule has 0 saturated carbocycles. The number of hydrogen-bond acceptors (Lipinski definition) is 4. The highest BCUT2D eigenvalue weighted by Crippen LogP contribution is 2.14. The van der Waals surface area contributed by atoms with E-state index in [2.05, 4.69) is 5.10 Å². The molecule has 7 nitrogen and oxygen atoms in total. The van der Waals surface area contributed by atoms with E-state index in [4.69, 9.17) is 0 Å². The summed E-state index contributed by atoms with van der Waals surface area (Å²) < 4.78 is 3.35. The fourth-order valence-corrected chi connectivity index (χ4v) is 3.63. The Bertz CT molecular complexity index is 1380. The van der Waals surface area contributed by atoms with E-state index in [-0.39, 0.29) is 29.2 Å². The summed E-state index contributed by atoms with van der Waals surface area (Å²) in [5, 5.41) is 13.5. The number of nitrogens with zero attached hydrogens (tertiary/aromatic N) is 3. The van der Waals surface area contributed by atoms with Gasteiger partial charge < -0.3 is 9.67 Å². The van der Waals surface area contributed by atoms with Crippen LogP contribution in [0.2, 0.25) is 0 Å². The van der Waals surface area contributed by atoms with Crippen LogP contribution < -0.4 is 0 Å². The molecule has 7 heteroatoms. The quantitative estimate of drug-likeness (QED) is 0.376. The van der Waals surface area contributed by atoms with Gasteiger partial charge in [0.15, 0.2) is 5.78 Å². The largest absolute Gasteiger partial charge is 0.478 e. The van der Waals surface area contributed by atoms with E-state index in [0.717, 1.165) is 11.1 Å². The number of aromatic carboxylic acids is 1. The molecular formula is C27H23N3O4. The van der Waals surface area contributed by atoms with Gasteiger partial charge >= 0.3 is 5.97 Å². The highest BCUT2D eigenvalue weighted by molar-refractivity contribution is 6.08. The summed E-state index contributed by atoms with van der Waals surface area (Å²) in [6.45, 7) is 2.41. The molecule has 170 valence electrons. The van der Waals surface area contributed by atoms with E-state index in [9.17, 15) is 19.5 Å². The number of benzene rings is 2. The molecule has 0 radical (unpaired) electrons. The molecule has 0 spiro atoms. The first-order chi connectivity index (χ1) is 16.4. The maximum absolute atomic E-state index is 12.8. The van der Waals surface area contributed by atoms with Crippen LogP contribution in [0.15, 0.2) is 85.3 Å². The molecule has 2 heterocycles. The molecule has 1 N–H and O–H groups in total. The third-order valence-electron chi connectivity index (χ3n) is 5.41. The number of hydrogen-bond donors (Lipinski definition) is 1. The Labute approximate surface area is 196 Å². The molecular weight excluding hydrogens is 430 g/mol. The van der Waals surface area contributed by atoms with Crippen molar-refractivity contribution in [3.63, 3.8) is 0 Å². The normalized spacial score (nSPS) is 11.1. The van der Waals surface area contributed by atoms with Crippen LogP contribution in [0.3, 0.4) is 0 Å². The molecule has 0 unspecified atom stereocenters. The first-order valence-corrected chi connectivity index (χ1v) is 10.7. The van der Waals surface area contributed by atoms with Crippen LogP contribution in [-0.2, 0) is 13.1 Å².